The number of fused-ring (bicyclic) bond motifs is 1. The van der Waals surface area contributed by atoms with Gasteiger partial charge in [0.1, 0.15) is 5.75 Å². The Morgan fingerprint density at radius 2 is 1.53 bits per heavy atom. The van der Waals surface area contributed by atoms with Crippen LogP contribution in [0.4, 0.5) is 5.69 Å². The number of rotatable bonds is 4. The number of cyclic esters (lactones) is 2. The summed E-state index contributed by atoms with van der Waals surface area (Å²) < 4.78 is 16.9. The maximum atomic E-state index is 13.8. The lowest BCUT2D eigenvalue weighted by atomic mass is 9.68. The normalized spacial score (nSPS) is 20.3. The Hall–Kier alpha value is -3.80. The van der Waals surface area contributed by atoms with Crippen LogP contribution in [0.3, 0.4) is 0 Å². The van der Waals surface area contributed by atoms with E-state index in [0.29, 0.717) is 12.3 Å². The molecule has 6 heteroatoms. The molecule has 1 atom stereocenters. The Labute approximate surface area is 199 Å². The van der Waals surface area contributed by atoms with E-state index >= 15 is 0 Å². The summed E-state index contributed by atoms with van der Waals surface area (Å²) in [5.74, 6) is -1.81. The molecule has 5 rings (SSSR count). The molecule has 0 N–H and O–H groups in total. The van der Waals surface area contributed by atoms with Gasteiger partial charge in [0.25, 0.3) is 5.79 Å². The first-order chi connectivity index (χ1) is 16.3. The van der Waals surface area contributed by atoms with E-state index < -0.39 is 29.2 Å². The molecule has 3 aromatic rings. The molecule has 2 heterocycles. The van der Waals surface area contributed by atoms with Gasteiger partial charge in [-0.25, -0.2) is 0 Å². The lowest BCUT2D eigenvalue weighted by Crippen LogP contribution is -2.62. The molecule has 0 saturated carbocycles. The van der Waals surface area contributed by atoms with E-state index in [4.69, 9.17) is 14.2 Å². The lowest BCUT2D eigenvalue weighted by molar-refractivity contribution is -0.253. The average Bonchev–Trinajstić information content (AvgIpc) is 2.83. The molecular weight excluding hydrogens is 430 g/mol. The van der Waals surface area contributed by atoms with E-state index in [1.54, 1.807) is 21.0 Å². The van der Waals surface area contributed by atoms with Crippen LogP contribution in [0.25, 0.3) is 0 Å². The summed E-state index contributed by atoms with van der Waals surface area (Å²) >= 11 is 0. The highest BCUT2D eigenvalue weighted by atomic mass is 16.7. The van der Waals surface area contributed by atoms with E-state index in [9.17, 15) is 9.59 Å². The fourth-order valence-corrected chi connectivity index (χ4v) is 5.07. The summed E-state index contributed by atoms with van der Waals surface area (Å²) in [6.07, 6.45) is 0.151. The molecule has 6 nitrogen and oxygen atoms in total. The molecule has 0 aliphatic carbocycles. The maximum absolute atomic E-state index is 13.8. The summed E-state index contributed by atoms with van der Waals surface area (Å²) in [5.41, 5.74) is 2.10. The van der Waals surface area contributed by atoms with Gasteiger partial charge in [-0.2, -0.15) is 0 Å². The van der Waals surface area contributed by atoms with Crippen molar-refractivity contribution in [1.29, 1.82) is 0 Å². The molecule has 0 bridgehead atoms. The van der Waals surface area contributed by atoms with E-state index in [0.717, 1.165) is 22.4 Å². The van der Waals surface area contributed by atoms with Gasteiger partial charge in [0.15, 0.2) is 5.41 Å². The van der Waals surface area contributed by atoms with Crippen molar-refractivity contribution >= 4 is 17.6 Å². The van der Waals surface area contributed by atoms with E-state index in [2.05, 4.69) is 4.90 Å². The summed E-state index contributed by atoms with van der Waals surface area (Å²) in [7, 11) is 1.60. The van der Waals surface area contributed by atoms with Gasteiger partial charge in [0.05, 0.1) is 13.2 Å². The Morgan fingerprint density at radius 1 is 0.912 bits per heavy atom. The summed E-state index contributed by atoms with van der Waals surface area (Å²) in [6.45, 7) is 3.65. The maximum Gasteiger partial charge on any atom is 0.329 e. The molecule has 3 aromatic carbocycles. The van der Waals surface area contributed by atoms with Crippen LogP contribution in [0.15, 0.2) is 78.9 Å². The van der Waals surface area contributed by atoms with Crippen LogP contribution in [0.2, 0.25) is 0 Å². The van der Waals surface area contributed by atoms with Gasteiger partial charge >= 0.3 is 11.9 Å². The highest BCUT2D eigenvalue weighted by molar-refractivity contribution is 6.04. The number of ether oxygens (including phenoxy) is 3. The average molecular weight is 458 g/mol. The predicted octanol–water partition coefficient (Wildman–Crippen LogP) is 4.82. The number of hydrogen-bond donors (Lipinski definition) is 0. The van der Waals surface area contributed by atoms with Crippen molar-refractivity contribution < 1.29 is 23.8 Å². The first-order valence-corrected chi connectivity index (χ1v) is 11.3. The number of methoxy groups -OCH3 is 1. The van der Waals surface area contributed by atoms with Crippen molar-refractivity contribution in [2.24, 2.45) is 5.41 Å². The first kappa shape index (κ1) is 22.0. The second-order valence-electron chi connectivity index (χ2n) is 9.25. The number of esters is 2. The molecule has 0 aromatic heterocycles. The largest absolute Gasteiger partial charge is 0.497 e. The zero-order valence-electron chi connectivity index (χ0n) is 19.5. The molecule has 2 aliphatic rings. The van der Waals surface area contributed by atoms with Gasteiger partial charge in [-0.3, -0.25) is 9.59 Å². The number of benzene rings is 3. The van der Waals surface area contributed by atoms with Crippen LogP contribution in [0.1, 0.15) is 36.6 Å². The summed E-state index contributed by atoms with van der Waals surface area (Å²) in [6, 6.07) is 24.8. The minimum absolute atomic E-state index is 0.151. The van der Waals surface area contributed by atoms with E-state index in [-0.39, 0.29) is 6.42 Å². The van der Waals surface area contributed by atoms with Gasteiger partial charge in [-0.1, -0.05) is 60.7 Å². The minimum Gasteiger partial charge on any atom is -0.497 e. The Kier molecular flexibility index (Phi) is 5.31. The van der Waals surface area contributed by atoms with Crippen molar-refractivity contribution in [2.45, 2.75) is 38.6 Å². The number of nitrogens with zero attached hydrogens (tertiary/aromatic N) is 1. The van der Waals surface area contributed by atoms with Gasteiger partial charge in [-0.15, -0.1) is 0 Å². The van der Waals surface area contributed by atoms with Gasteiger partial charge in [0.2, 0.25) is 0 Å². The molecule has 2 aliphatic heterocycles. The van der Waals surface area contributed by atoms with Crippen molar-refractivity contribution in [3.05, 3.63) is 95.6 Å². The van der Waals surface area contributed by atoms with Crippen molar-refractivity contribution in [1.82, 2.24) is 0 Å². The first-order valence-electron chi connectivity index (χ1n) is 11.3. The van der Waals surface area contributed by atoms with Gasteiger partial charge < -0.3 is 19.1 Å². The lowest BCUT2D eigenvalue weighted by Gasteiger charge is -2.51. The SMILES string of the molecule is COc1ccc2c(c1)CC1(C(=O)OC(C)(C)OC1=O)C(c1ccccc1)N2Cc1ccccc1. The van der Waals surface area contributed by atoms with Crippen LogP contribution in [-0.4, -0.2) is 24.8 Å². The topological polar surface area (TPSA) is 65.1 Å². The number of hydrogen-bond acceptors (Lipinski definition) is 6. The van der Waals surface area contributed by atoms with Gasteiger partial charge in [-0.05, 0) is 34.9 Å². The molecular formula is C28H27NO5. The van der Waals surface area contributed by atoms with Crippen LogP contribution < -0.4 is 9.64 Å². The number of anilines is 1. The molecule has 1 saturated heterocycles. The second-order valence-corrected chi connectivity index (χ2v) is 9.25. The Bertz CT molecular complexity index is 1200. The van der Waals surface area contributed by atoms with E-state index in [1.165, 1.54) is 0 Å². The van der Waals surface area contributed by atoms with Crippen molar-refractivity contribution in [3.8, 4) is 5.75 Å². The third-order valence-electron chi connectivity index (χ3n) is 6.56. The predicted molar refractivity (Wildman–Crippen MR) is 127 cm³/mol. The standard InChI is InChI=1S/C28H27NO5/c1-27(2)33-25(30)28(26(31)34-27)17-21-16-22(32-3)14-15-23(21)29(18-19-10-6-4-7-11-19)24(28)20-12-8-5-9-13-20/h4-16,24H,17-18H2,1-3H3. The Morgan fingerprint density at radius 3 is 2.15 bits per heavy atom. The monoisotopic (exact) mass is 457 g/mol. The Balaban J connectivity index is 1.75. The molecule has 1 fully saturated rings. The molecule has 34 heavy (non-hydrogen) atoms. The fourth-order valence-electron chi connectivity index (χ4n) is 5.07. The van der Waals surface area contributed by atoms with Crippen molar-refractivity contribution in [2.75, 3.05) is 12.0 Å². The zero-order valence-corrected chi connectivity index (χ0v) is 19.5. The number of carbonyl (C=O) groups excluding carboxylic acids is 2. The smallest absolute Gasteiger partial charge is 0.329 e. The molecule has 174 valence electrons. The zero-order chi connectivity index (χ0) is 23.9. The second kappa shape index (κ2) is 8.20. The van der Waals surface area contributed by atoms with Gasteiger partial charge in [0, 0.05) is 32.5 Å². The van der Waals surface area contributed by atoms with Crippen LogP contribution in [-0.2, 0) is 32.0 Å². The third kappa shape index (κ3) is 3.59. The van der Waals surface area contributed by atoms with Crippen LogP contribution in [0.5, 0.6) is 5.75 Å². The third-order valence-corrected chi connectivity index (χ3v) is 6.56. The van der Waals surface area contributed by atoms with Crippen LogP contribution >= 0.6 is 0 Å². The summed E-state index contributed by atoms with van der Waals surface area (Å²) in [5, 5.41) is 0. The minimum atomic E-state index is -1.56. The molecule has 0 radical (unpaired) electrons. The van der Waals surface area contributed by atoms with Crippen molar-refractivity contribution in [3.63, 3.8) is 0 Å². The molecule has 1 spiro atoms. The fraction of sp³-hybridized carbons (Fsp3) is 0.286. The van der Waals surface area contributed by atoms with E-state index in [1.807, 2.05) is 78.9 Å². The highest BCUT2D eigenvalue weighted by Crippen LogP contribution is 2.54. The van der Waals surface area contributed by atoms with Crippen LogP contribution in [0, 0.1) is 5.41 Å². The molecule has 0 amide bonds. The number of carbonyl (C=O) groups is 2. The molecule has 1 unspecified atom stereocenters. The summed E-state index contributed by atoms with van der Waals surface area (Å²) in [4.78, 5) is 29.6. The highest BCUT2D eigenvalue weighted by Gasteiger charge is 2.64. The quantitative estimate of drug-likeness (QED) is 0.413.